The fourth-order valence-corrected chi connectivity index (χ4v) is 4.24. The first-order valence-corrected chi connectivity index (χ1v) is 11.5. The largest absolute Gasteiger partial charge is 0.322 e. The molecule has 4 aromatic rings. The van der Waals surface area contributed by atoms with Crippen LogP contribution in [0.1, 0.15) is 60.5 Å². The molecule has 3 nitrogen and oxygen atoms in total. The van der Waals surface area contributed by atoms with Crippen molar-refractivity contribution in [1.82, 2.24) is 9.88 Å². The third-order valence-corrected chi connectivity index (χ3v) is 6.36. The molecule has 0 radical (unpaired) electrons. The molecule has 1 heterocycles. The van der Waals surface area contributed by atoms with E-state index in [2.05, 4.69) is 61.0 Å². The SMILES string of the molecule is Cc1ccc2cc(C(C)N(Cc3ccc(F)cc3)Cc3ccc(C(C)C)cc3)c(=O)[nH]c2c1. The van der Waals surface area contributed by atoms with E-state index in [1.165, 1.54) is 23.3 Å². The Morgan fingerprint density at radius 3 is 2.06 bits per heavy atom. The molecule has 1 unspecified atom stereocenters. The van der Waals surface area contributed by atoms with Crippen LogP contribution in [0.25, 0.3) is 10.9 Å². The third-order valence-electron chi connectivity index (χ3n) is 6.36. The normalized spacial score (nSPS) is 12.6. The number of fused-ring (bicyclic) bond motifs is 1. The molecule has 0 amide bonds. The first-order valence-electron chi connectivity index (χ1n) is 11.5. The molecule has 1 N–H and O–H groups in total. The van der Waals surface area contributed by atoms with Gasteiger partial charge in [-0.05, 0) is 71.7 Å². The molecule has 170 valence electrons. The van der Waals surface area contributed by atoms with Crippen molar-refractivity contribution in [3.63, 3.8) is 0 Å². The molecular weight excluding hydrogens is 411 g/mol. The number of rotatable bonds is 7. The number of H-pyrrole nitrogens is 1. The Balaban J connectivity index is 1.68. The quantitative estimate of drug-likeness (QED) is 0.339. The van der Waals surface area contributed by atoms with Crippen molar-refractivity contribution in [2.75, 3.05) is 0 Å². The lowest BCUT2D eigenvalue weighted by Crippen LogP contribution is -2.30. The van der Waals surface area contributed by atoms with E-state index < -0.39 is 0 Å². The van der Waals surface area contributed by atoms with Gasteiger partial charge in [0, 0.05) is 30.2 Å². The summed E-state index contributed by atoms with van der Waals surface area (Å²) in [5, 5.41) is 1.02. The van der Waals surface area contributed by atoms with E-state index in [-0.39, 0.29) is 17.4 Å². The maximum atomic E-state index is 13.5. The van der Waals surface area contributed by atoms with Gasteiger partial charge in [0.2, 0.25) is 0 Å². The minimum atomic E-state index is -0.246. The minimum Gasteiger partial charge on any atom is -0.322 e. The number of pyridine rings is 1. The molecule has 0 bridgehead atoms. The van der Waals surface area contributed by atoms with Crippen LogP contribution in [0.3, 0.4) is 0 Å². The van der Waals surface area contributed by atoms with Crippen LogP contribution in [0, 0.1) is 12.7 Å². The van der Waals surface area contributed by atoms with Crippen LogP contribution in [-0.4, -0.2) is 9.88 Å². The van der Waals surface area contributed by atoms with Gasteiger partial charge in [-0.25, -0.2) is 4.39 Å². The Hall–Kier alpha value is -3.24. The number of aromatic amines is 1. The molecule has 0 aliphatic carbocycles. The number of nitrogens with zero attached hydrogens (tertiary/aromatic N) is 1. The highest BCUT2D eigenvalue weighted by atomic mass is 19.1. The minimum absolute atomic E-state index is 0.0696. The highest BCUT2D eigenvalue weighted by Gasteiger charge is 2.20. The molecule has 4 heteroatoms. The van der Waals surface area contributed by atoms with Gasteiger partial charge in [0.05, 0.1) is 0 Å². The molecule has 3 aromatic carbocycles. The van der Waals surface area contributed by atoms with E-state index in [9.17, 15) is 9.18 Å². The van der Waals surface area contributed by atoms with Crippen molar-refractivity contribution in [1.29, 1.82) is 0 Å². The van der Waals surface area contributed by atoms with Crippen molar-refractivity contribution < 1.29 is 4.39 Å². The zero-order valence-corrected chi connectivity index (χ0v) is 19.7. The van der Waals surface area contributed by atoms with E-state index in [1.807, 2.05) is 37.3 Å². The van der Waals surface area contributed by atoms with Crippen molar-refractivity contribution in [2.24, 2.45) is 0 Å². The second-order valence-electron chi connectivity index (χ2n) is 9.25. The van der Waals surface area contributed by atoms with Crippen molar-refractivity contribution in [3.05, 3.63) is 117 Å². The summed E-state index contributed by atoms with van der Waals surface area (Å²) < 4.78 is 13.5. The van der Waals surface area contributed by atoms with Gasteiger partial charge in [0.15, 0.2) is 0 Å². The van der Waals surface area contributed by atoms with Crippen LogP contribution >= 0.6 is 0 Å². The first-order chi connectivity index (χ1) is 15.8. The summed E-state index contributed by atoms with van der Waals surface area (Å²) in [6, 6.07) is 23.2. The number of halogens is 1. The summed E-state index contributed by atoms with van der Waals surface area (Å²) in [7, 11) is 0. The lowest BCUT2D eigenvalue weighted by molar-refractivity contribution is 0.191. The fraction of sp³-hybridized carbons (Fsp3) is 0.276. The predicted octanol–water partition coefficient (Wildman–Crippen LogP) is 6.86. The number of hydrogen-bond acceptors (Lipinski definition) is 2. The summed E-state index contributed by atoms with van der Waals surface area (Å²) in [5.41, 5.74) is 6.12. The van der Waals surface area contributed by atoms with Crippen LogP contribution in [-0.2, 0) is 13.1 Å². The van der Waals surface area contributed by atoms with Crippen LogP contribution in [0.4, 0.5) is 4.39 Å². The highest BCUT2D eigenvalue weighted by molar-refractivity contribution is 5.79. The number of aromatic nitrogens is 1. The fourth-order valence-electron chi connectivity index (χ4n) is 4.24. The lowest BCUT2D eigenvalue weighted by Gasteiger charge is -2.29. The molecule has 33 heavy (non-hydrogen) atoms. The summed E-state index contributed by atoms with van der Waals surface area (Å²) in [4.78, 5) is 18.4. The second-order valence-corrected chi connectivity index (χ2v) is 9.25. The van der Waals surface area contributed by atoms with Crippen LogP contribution in [0.15, 0.2) is 77.6 Å². The van der Waals surface area contributed by atoms with Crippen molar-refractivity contribution >= 4 is 10.9 Å². The number of aryl methyl sites for hydroxylation is 1. The monoisotopic (exact) mass is 442 g/mol. The van der Waals surface area contributed by atoms with Gasteiger partial charge in [-0.15, -0.1) is 0 Å². The Labute approximate surface area is 194 Å². The first kappa shape index (κ1) is 22.9. The van der Waals surface area contributed by atoms with Crippen LogP contribution in [0.2, 0.25) is 0 Å². The Morgan fingerprint density at radius 2 is 1.45 bits per heavy atom. The Kier molecular flexibility index (Phi) is 6.75. The van der Waals surface area contributed by atoms with Gasteiger partial charge >= 0.3 is 0 Å². The Morgan fingerprint density at radius 1 is 0.848 bits per heavy atom. The summed E-state index contributed by atoms with van der Waals surface area (Å²) in [5.74, 6) is 0.233. The molecule has 0 spiro atoms. The van der Waals surface area contributed by atoms with E-state index in [4.69, 9.17) is 0 Å². The molecule has 0 aliphatic rings. The van der Waals surface area contributed by atoms with Crippen LogP contribution < -0.4 is 5.56 Å². The molecule has 1 atom stereocenters. The molecule has 0 saturated heterocycles. The summed E-state index contributed by atoms with van der Waals surface area (Å²) >= 11 is 0. The third kappa shape index (κ3) is 5.40. The van der Waals surface area contributed by atoms with Crippen molar-refractivity contribution in [3.8, 4) is 0 Å². The van der Waals surface area contributed by atoms with Gasteiger partial charge in [-0.3, -0.25) is 9.69 Å². The summed E-state index contributed by atoms with van der Waals surface area (Å²) in [6.07, 6.45) is 0. The zero-order valence-electron chi connectivity index (χ0n) is 19.7. The number of nitrogens with one attached hydrogen (secondary N) is 1. The van der Waals surface area contributed by atoms with Gasteiger partial charge in [-0.2, -0.15) is 0 Å². The highest BCUT2D eigenvalue weighted by Crippen LogP contribution is 2.26. The maximum absolute atomic E-state index is 13.5. The molecule has 4 rings (SSSR count). The van der Waals surface area contributed by atoms with E-state index >= 15 is 0 Å². The van der Waals surface area contributed by atoms with E-state index in [0.717, 1.165) is 27.6 Å². The zero-order chi connectivity index (χ0) is 23.5. The van der Waals surface area contributed by atoms with E-state index in [1.54, 1.807) is 0 Å². The number of benzene rings is 3. The van der Waals surface area contributed by atoms with Crippen LogP contribution in [0.5, 0.6) is 0 Å². The van der Waals surface area contributed by atoms with E-state index in [0.29, 0.717) is 19.0 Å². The van der Waals surface area contributed by atoms with Gasteiger partial charge < -0.3 is 4.98 Å². The van der Waals surface area contributed by atoms with Gasteiger partial charge in [-0.1, -0.05) is 62.4 Å². The predicted molar refractivity (Wildman–Crippen MR) is 134 cm³/mol. The standard InChI is InChI=1S/C29H31FN2O/c1-19(2)24-11-6-22(7-12-24)17-32(18-23-8-13-26(30)14-9-23)21(4)27-16-25-10-5-20(3)15-28(25)31-29(27)33/h5-16,19,21H,17-18H2,1-4H3,(H,31,33). The van der Waals surface area contributed by atoms with Gasteiger partial charge in [0.25, 0.3) is 5.56 Å². The molecule has 1 aromatic heterocycles. The lowest BCUT2D eigenvalue weighted by atomic mass is 10.0. The average molecular weight is 443 g/mol. The Bertz CT molecular complexity index is 1290. The maximum Gasteiger partial charge on any atom is 0.253 e. The molecule has 0 saturated carbocycles. The molecule has 0 aliphatic heterocycles. The summed E-state index contributed by atoms with van der Waals surface area (Å²) in [6.45, 7) is 9.75. The average Bonchev–Trinajstić information content (AvgIpc) is 2.79. The van der Waals surface area contributed by atoms with Crippen molar-refractivity contribution in [2.45, 2.75) is 52.7 Å². The molecular formula is C29H31FN2O. The second kappa shape index (κ2) is 9.72. The molecule has 0 fully saturated rings. The van der Waals surface area contributed by atoms with Gasteiger partial charge in [0.1, 0.15) is 5.82 Å². The smallest absolute Gasteiger partial charge is 0.253 e. The topological polar surface area (TPSA) is 36.1 Å². The number of hydrogen-bond donors (Lipinski definition) is 1.